The Morgan fingerprint density at radius 1 is 1.45 bits per heavy atom. The van der Waals surface area contributed by atoms with Crippen molar-refractivity contribution in [2.45, 2.75) is 32.7 Å². The number of piperidine rings is 1. The monoisotopic (exact) mass is 425 g/mol. The Morgan fingerprint density at radius 3 is 2.94 bits per heavy atom. The van der Waals surface area contributed by atoms with Gasteiger partial charge in [0.1, 0.15) is 23.9 Å². The fourth-order valence-corrected chi connectivity index (χ4v) is 3.89. The first-order chi connectivity index (χ1) is 14.9. The molecule has 3 rings (SSSR count). The van der Waals surface area contributed by atoms with Crippen LogP contribution in [0.3, 0.4) is 0 Å². The summed E-state index contributed by atoms with van der Waals surface area (Å²) in [4.78, 5) is 40.3. The molecule has 3 N–H and O–H groups in total. The van der Waals surface area contributed by atoms with Gasteiger partial charge in [-0.2, -0.15) is 5.26 Å². The third-order valence-electron chi connectivity index (χ3n) is 5.69. The van der Waals surface area contributed by atoms with E-state index >= 15 is 0 Å². The Bertz CT molecular complexity index is 1040. The van der Waals surface area contributed by atoms with Crippen molar-refractivity contribution in [3.63, 3.8) is 0 Å². The van der Waals surface area contributed by atoms with Crippen LogP contribution in [0, 0.1) is 17.2 Å². The van der Waals surface area contributed by atoms with Gasteiger partial charge in [-0.15, -0.1) is 0 Å². The summed E-state index contributed by atoms with van der Waals surface area (Å²) in [5.41, 5.74) is 6.28. The molecule has 2 aromatic heterocycles. The van der Waals surface area contributed by atoms with Crippen LogP contribution in [0.15, 0.2) is 29.9 Å². The van der Waals surface area contributed by atoms with Crippen LogP contribution in [0.5, 0.6) is 0 Å². The summed E-state index contributed by atoms with van der Waals surface area (Å²) in [6.07, 6.45) is 3.95. The molecule has 1 aliphatic rings. The molecular formula is C21H27N7O3. The maximum atomic E-state index is 12.9. The lowest BCUT2D eigenvalue weighted by Gasteiger charge is -2.42. The van der Waals surface area contributed by atoms with Crippen LogP contribution in [0.4, 0.5) is 5.82 Å². The Kier molecular flexibility index (Phi) is 6.74. The molecule has 0 unspecified atom stereocenters. The zero-order valence-corrected chi connectivity index (χ0v) is 18.0. The van der Waals surface area contributed by atoms with Crippen molar-refractivity contribution < 1.29 is 14.3 Å². The third kappa shape index (κ3) is 4.60. The highest BCUT2D eigenvalue weighted by atomic mass is 16.5. The Hall–Kier alpha value is -3.61. The molecule has 0 saturated carbocycles. The second-order valence-corrected chi connectivity index (χ2v) is 7.63. The number of carbonyl (C=O) groups excluding carboxylic acids is 2. The van der Waals surface area contributed by atoms with Crippen molar-refractivity contribution in [2.75, 3.05) is 31.6 Å². The third-order valence-corrected chi connectivity index (χ3v) is 5.69. The predicted molar refractivity (Wildman–Crippen MR) is 115 cm³/mol. The van der Waals surface area contributed by atoms with E-state index in [1.165, 1.54) is 6.33 Å². The second-order valence-electron chi connectivity index (χ2n) is 7.63. The Morgan fingerprint density at radius 2 is 2.23 bits per heavy atom. The molecule has 3 heterocycles. The topological polar surface area (TPSA) is 141 Å². The molecule has 0 spiro atoms. The lowest BCUT2D eigenvalue weighted by molar-refractivity contribution is -0.138. The number of ether oxygens (including phenoxy) is 1. The standard InChI is InChI=1S/C21H27N7O3/c1-4-31-21(30)15(10-22)16(23)9-18(29)28-8-6-13(2)17(11-28)27(3)20-14-5-7-24-19(14)25-12-26-20/h5,7,12-13,17H,4,6,8-9,11,23H2,1-3H3,(H,24,25,26)/b16-15+/t13-,17+/m1/s1. The van der Waals surface area contributed by atoms with Crippen molar-refractivity contribution in [3.05, 3.63) is 29.9 Å². The number of aromatic amines is 1. The summed E-state index contributed by atoms with van der Waals surface area (Å²) < 4.78 is 4.84. The highest BCUT2D eigenvalue weighted by Crippen LogP contribution is 2.29. The van der Waals surface area contributed by atoms with E-state index in [1.54, 1.807) is 17.9 Å². The molecule has 164 valence electrons. The highest BCUT2D eigenvalue weighted by Gasteiger charge is 2.33. The molecule has 1 saturated heterocycles. The van der Waals surface area contributed by atoms with E-state index < -0.39 is 5.97 Å². The predicted octanol–water partition coefficient (Wildman–Crippen LogP) is 1.32. The van der Waals surface area contributed by atoms with E-state index in [0.29, 0.717) is 19.0 Å². The maximum absolute atomic E-state index is 12.9. The molecule has 2 aromatic rings. The molecule has 1 amide bonds. The van der Waals surface area contributed by atoms with E-state index in [2.05, 4.69) is 26.8 Å². The Balaban J connectivity index is 1.76. The summed E-state index contributed by atoms with van der Waals surface area (Å²) in [5.74, 6) is 0.0970. The molecule has 0 aliphatic carbocycles. The molecule has 0 bridgehead atoms. The van der Waals surface area contributed by atoms with Gasteiger partial charge in [0.2, 0.25) is 5.91 Å². The van der Waals surface area contributed by atoms with Gasteiger partial charge in [0.15, 0.2) is 5.57 Å². The van der Waals surface area contributed by atoms with Crippen LogP contribution >= 0.6 is 0 Å². The fourth-order valence-electron chi connectivity index (χ4n) is 3.89. The number of rotatable bonds is 6. The van der Waals surface area contributed by atoms with Crippen LogP contribution < -0.4 is 10.6 Å². The number of nitrogens with one attached hydrogen (secondary N) is 1. The quantitative estimate of drug-likeness (QED) is 0.401. The normalized spacial score (nSPS) is 19.5. The average Bonchev–Trinajstić information content (AvgIpc) is 3.23. The highest BCUT2D eigenvalue weighted by molar-refractivity contribution is 5.95. The number of likely N-dealkylation sites (N-methyl/N-ethyl adjacent to an activating group) is 1. The van der Waals surface area contributed by atoms with Gasteiger partial charge < -0.3 is 25.3 Å². The molecular weight excluding hydrogens is 398 g/mol. The average molecular weight is 425 g/mol. The van der Waals surface area contributed by atoms with Crippen molar-refractivity contribution in [1.29, 1.82) is 5.26 Å². The van der Waals surface area contributed by atoms with Gasteiger partial charge >= 0.3 is 5.97 Å². The van der Waals surface area contributed by atoms with Crippen molar-refractivity contribution in [3.8, 4) is 6.07 Å². The number of amides is 1. The van der Waals surface area contributed by atoms with E-state index in [1.807, 2.05) is 19.3 Å². The van der Waals surface area contributed by atoms with Crippen molar-refractivity contribution in [1.82, 2.24) is 19.9 Å². The zero-order valence-electron chi connectivity index (χ0n) is 18.0. The number of nitrogens with two attached hydrogens (primary N) is 1. The van der Waals surface area contributed by atoms with Crippen LogP contribution in [0.1, 0.15) is 26.7 Å². The van der Waals surface area contributed by atoms with Gasteiger partial charge in [-0.1, -0.05) is 6.92 Å². The van der Waals surface area contributed by atoms with Crippen molar-refractivity contribution >= 4 is 28.7 Å². The van der Waals surface area contributed by atoms with Crippen molar-refractivity contribution in [2.24, 2.45) is 11.7 Å². The molecule has 10 heteroatoms. The first-order valence-corrected chi connectivity index (χ1v) is 10.2. The number of nitrogens with zero attached hydrogens (tertiary/aromatic N) is 5. The number of H-pyrrole nitrogens is 1. The van der Waals surface area contributed by atoms with Gasteiger partial charge in [-0.25, -0.2) is 14.8 Å². The number of esters is 1. The van der Waals surface area contributed by atoms with Gasteiger partial charge in [0.25, 0.3) is 0 Å². The molecule has 10 nitrogen and oxygen atoms in total. The van der Waals surface area contributed by atoms with Crippen LogP contribution in [-0.4, -0.2) is 64.5 Å². The minimum Gasteiger partial charge on any atom is -0.462 e. The van der Waals surface area contributed by atoms with Crippen LogP contribution in [0.25, 0.3) is 11.0 Å². The molecule has 2 atom stereocenters. The minimum absolute atomic E-state index is 0.0383. The van der Waals surface area contributed by atoms with Gasteiger partial charge in [0.05, 0.1) is 24.5 Å². The van der Waals surface area contributed by atoms with E-state index in [4.69, 9.17) is 10.5 Å². The number of nitriles is 1. The molecule has 0 aromatic carbocycles. The number of hydrogen-bond acceptors (Lipinski definition) is 8. The van der Waals surface area contributed by atoms with Crippen LogP contribution in [-0.2, 0) is 14.3 Å². The van der Waals surface area contributed by atoms with Gasteiger partial charge in [-0.05, 0) is 25.3 Å². The SMILES string of the molecule is CCOC(=O)/C(C#N)=C(/N)CC(=O)N1CC[C@@H](C)[C@@H](N(C)c2ncnc3[nH]ccc23)C1. The molecule has 0 radical (unpaired) electrons. The maximum Gasteiger partial charge on any atom is 0.350 e. The van der Waals surface area contributed by atoms with E-state index in [-0.39, 0.29) is 36.2 Å². The smallest absolute Gasteiger partial charge is 0.350 e. The zero-order chi connectivity index (χ0) is 22.5. The fraction of sp³-hybridized carbons (Fsp3) is 0.476. The van der Waals surface area contributed by atoms with Crippen LogP contribution in [0.2, 0.25) is 0 Å². The lowest BCUT2D eigenvalue weighted by Crippen LogP contribution is -2.53. The minimum atomic E-state index is -0.806. The summed E-state index contributed by atoms with van der Waals surface area (Å²) in [6, 6.07) is 3.72. The number of anilines is 1. The van der Waals surface area contributed by atoms with Gasteiger partial charge in [-0.3, -0.25) is 4.79 Å². The summed E-state index contributed by atoms with van der Waals surface area (Å²) in [7, 11) is 1.97. The molecule has 31 heavy (non-hydrogen) atoms. The first-order valence-electron chi connectivity index (χ1n) is 10.2. The summed E-state index contributed by atoms with van der Waals surface area (Å²) in [6.45, 7) is 4.99. The first kappa shape index (κ1) is 22.1. The second kappa shape index (κ2) is 9.47. The number of likely N-dealkylation sites (tertiary alicyclic amines) is 1. The Labute approximate surface area is 180 Å². The lowest BCUT2D eigenvalue weighted by atomic mass is 9.92. The van der Waals surface area contributed by atoms with E-state index in [0.717, 1.165) is 23.3 Å². The summed E-state index contributed by atoms with van der Waals surface area (Å²) in [5, 5.41) is 10.1. The van der Waals surface area contributed by atoms with E-state index in [9.17, 15) is 14.9 Å². The largest absolute Gasteiger partial charge is 0.462 e. The molecule has 1 fully saturated rings. The number of fused-ring (bicyclic) bond motifs is 1. The number of aromatic nitrogens is 3. The summed E-state index contributed by atoms with van der Waals surface area (Å²) >= 11 is 0. The van der Waals surface area contributed by atoms with Gasteiger partial charge in [0, 0.05) is 32.0 Å². The number of carbonyl (C=O) groups is 2. The number of hydrogen-bond donors (Lipinski definition) is 2. The molecule has 1 aliphatic heterocycles.